The highest BCUT2D eigenvalue weighted by molar-refractivity contribution is 5.66. The number of rotatable bonds is 3. The fourth-order valence-electron chi connectivity index (χ4n) is 1.76. The molecule has 0 radical (unpaired) electrons. The van der Waals surface area contributed by atoms with E-state index in [4.69, 9.17) is 4.42 Å². The van der Waals surface area contributed by atoms with Gasteiger partial charge in [0.05, 0.1) is 18.4 Å². The van der Waals surface area contributed by atoms with Crippen LogP contribution in [-0.2, 0) is 12.7 Å². The van der Waals surface area contributed by atoms with Crippen molar-refractivity contribution in [3.8, 4) is 11.1 Å². The summed E-state index contributed by atoms with van der Waals surface area (Å²) in [6.07, 6.45) is -2.86. The van der Waals surface area contributed by atoms with Crippen molar-refractivity contribution in [1.82, 2.24) is 5.32 Å². The van der Waals surface area contributed by atoms with Gasteiger partial charge in [0.15, 0.2) is 0 Å². The first-order valence-electron chi connectivity index (χ1n) is 5.41. The third-order valence-electron chi connectivity index (χ3n) is 2.58. The highest BCUT2D eigenvalue weighted by Gasteiger charge is 2.30. The summed E-state index contributed by atoms with van der Waals surface area (Å²) in [6.45, 7) is 0.471. The molecule has 1 N–H and O–H groups in total. The van der Waals surface area contributed by atoms with Gasteiger partial charge >= 0.3 is 6.18 Å². The van der Waals surface area contributed by atoms with E-state index in [2.05, 4.69) is 5.32 Å². The highest BCUT2D eigenvalue weighted by atomic mass is 19.4. The van der Waals surface area contributed by atoms with Gasteiger partial charge in [-0.2, -0.15) is 13.2 Å². The predicted molar refractivity (Wildman–Crippen MR) is 61.9 cm³/mol. The second kappa shape index (κ2) is 4.86. The van der Waals surface area contributed by atoms with Gasteiger partial charge in [-0.3, -0.25) is 0 Å². The van der Waals surface area contributed by atoms with E-state index in [0.717, 1.165) is 12.1 Å². The Labute approximate surface area is 102 Å². The highest BCUT2D eigenvalue weighted by Crippen LogP contribution is 2.33. The van der Waals surface area contributed by atoms with Crippen LogP contribution in [0.15, 0.2) is 41.0 Å². The molecule has 0 spiro atoms. The summed E-state index contributed by atoms with van der Waals surface area (Å²) in [7, 11) is 1.75. The second-order valence-electron chi connectivity index (χ2n) is 3.87. The van der Waals surface area contributed by atoms with E-state index >= 15 is 0 Å². The SMILES string of the molecule is CNCc1occc1-c1cccc(C(F)(F)F)c1. The quantitative estimate of drug-likeness (QED) is 0.904. The average Bonchev–Trinajstić information content (AvgIpc) is 2.77. The first-order chi connectivity index (χ1) is 8.52. The molecular formula is C13H12F3NO. The summed E-state index contributed by atoms with van der Waals surface area (Å²) >= 11 is 0. The summed E-state index contributed by atoms with van der Waals surface area (Å²) < 4.78 is 43.1. The summed E-state index contributed by atoms with van der Waals surface area (Å²) in [5.41, 5.74) is 0.524. The average molecular weight is 255 g/mol. The second-order valence-corrected chi connectivity index (χ2v) is 3.87. The molecule has 2 rings (SSSR count). The van der Waals surface area contributed by atoms with Gasteiger partial charge in [0.1, 0.15) is 5.76 Å². The zero-order valence-corrected chi connectivity index (χ0v) is 9.71. The minimum Gasteiger partial charge on any atom is -0.467 e. The molecule has 96 valence electrons. The number of nitrogens with one attached hydrogen (secondary N) is 1. The standard InChI is InChI=1S/C13H12F3NO/c1-17-8-12-11(5-6-18-12)9-3-2-4-10(7-9)13(14,15)16/h2-7,17H,8H2,1H3. The Hall–Kier alpha value is -1.75. The molecule has 0 atom stereocenters. The van der Waals surface area contributed by atoms with E-state index < -0.39 is 11.7 Å². The van der Waals surface area contributed by atoms with Crippen LogP contribution in [0.1, 0.15) is 11.3 Å². The van der Waals surface area contributed by atoms with Gasteiger partial charge in [-0.05, 0) is 30.8 Å². The van der Waals surface area contributed by atoms with E-state index in [1.54, 1.807) is 19.2 Å². The first-order valence-corrected chi connectivity index (χ1v) is 5.41. The molecule has 0 aliphatic rings. The minimum atomic E-state index is -4.33. The van der Waals surface area contributed by atoms with Crippen molar-refractivity contribution in [3.05, 3.63) is 47.9 Å². The van der Waals surface area contributed by atoms with E-state index in [-0.39, 0.29) is 0 Å². The molecule has 0 unspecified atom stereocenters. The lowest BCUT2D eigenvalue weighted by molar-refractivity contribution is -0.137. The molecule has 1 heterocycles. The number of benzene rings is 1. The Morgan fingerprint density at radius 1 is 1.22 bits per heavy atom. The fourth-order valence-corrected chi connectivity index (χ4v) is 1.76. The number of halogens is 3. The number of hydrogen-bond acceptors (Lipinski definition) is 2. The van der Waals surface area contributed by atoms with Crippen molar-refractivity contribution >= 4 is 0 Å². The molecule has 0 fully saturated rings. The Kier molecular flexibility index (Phi) is 3.43. The normalized spacial score (nSPS) is 11.8. The Morgan fingerprint density at radius 3 is 2.67 bits per heavy atom. The fraction of sp³-hybridized carbons (Fsp3) is 0.231. The van der Waals surface area contributed by atoms with Crippen LogP contribution < -0.4 is 5.32 Å². The smallest absolute Gasteiger partial charge is 0.416 e. The molecular weight excluding hydrogens is 243 g/mol. The number of hydrogen-bond donors (Lipinski definition) is 1. The molecule has 0 saturated heterocycles. The molecule has 2 nitrogen and oxygen atoms in total. The van der Waals surface area contributed by atoms with E-state index in [1.165, 1.54) is 12.3 Å². The summed E-state index contributed by atoms with van der Waals surface area (Å²) in [5.74, 6) is 0.622. The topological polar surface area (TPSA) is 25.2 Å². The van der Waals surface area contributed by atoms with Crippen LogP contribution in [0.5, 0.6) is 0 Å². The number of alkyl halides is 3. The molecule has 0 bridgehead atoms. The van der Waals surface area contributed by atoms with E-state index in [0.29, 0.717) is 23.4 Å². The van der Waals surface area contributed by atoms with E-state index in [9.17, 15) is 13.2 Å². The molecule has 2 aromatic rings. The lowest BCUT2D eigenvalue weighted by Gasteiger charge is -2.08. The van der Waals surface area contributed by atoms with Crippen molar-refractivity contribution in [2.45, 2.75) is 12.7 Å². The largest absolute Gasteiger partial charge is 0.467 e. The molecule has 1 aromatic carbocycles. The molecule has 0 aliphatic heterocycles. The lowest BCUT2D eigenvalue weighted by Crippen LogP contribution is -2.06. The third-order valence-corrected chi connectivity index (χ3v) is 2.58. The van der Waals surface area contributed by atoms with Crippen LogP contribution in [-0.4, -0.2) is 7.05 Å². The van der Waals surface area contributed by atoms with Crippen molar-refractivity contribution in [2.75, 3.05) is 7.05 Å². The summed E-state index contributed by atoms with van der Waals surface area (Å²) in [6, 6.07) is 6.89. The van der Waals surface area contributed by atoms with Crippen molar-refractivity contribution < 1.29 is 17.6 Å². The van der Waals surface area contributed by atoms with Gasteiger partial charge < -0.3 is 9.73 Å². The maximum Gasteiger partial charge on any atom is 0.416 e. The molecule has 0 aliphatic carbocycles. The molecule has 5 heteroatoms. The number of furan rings is 1. The summed E-state index contributed by atoms with van der Waals surface area (Å²) in [4.78, 5) is 0. The zero-order valence-electron chi connectivity index (χ0n) is 9.71. The van der Waals surface area contributed by atoms with Gasteiger partial charge in [-0.15, -0.1) is 0 Å². The van der Waals surface area contributed by atoms with Crippen LogP contribution >= 0.6 is 0 Å². The maximum absolute atomic E-state index is 12.6. The van der Waals surface area contributed by atoms with E-state index in [1.807, 2.05) is 0 Å². The van der Waals surface area contributed by atoms with Gasteiger partial charge in [0, 0.05) is 5.56 Å². The van der Waals surface area contributed by atoms with Crippen LogP contribution in [0.3, 0.4) is 0 Å². The van der Waals surface area contributed by atoms with Gasteiger partial charge in [-0.25, -0.2) is 0 Å². The molecule has 1 aromatic heterocycles. The van der Waals surface area contributed by atoms with Crippen LogP contribution in [0.4, 0.5) is 13.2 Å². The first kappa shape index (κ1) is 12.7. The van der Waals surface area contributed by atoms with Gasteiger partial charge in [-0.1, -0.05) is 12.1 Å². The van der Waals surface area contributed by atoms with Crippen LogP contribution in [0, 0.1) is 0 Å². The summed E-state index contributed by atoms with van der Waals surface area (Å²) in [5, 5.41) is 2.91. The minimum absolute atomic E-state index is 0.471. The Balaban J connectivity index is 2.42. The monoisotopic (exact) mass is 255 g/mol. The Morgan fingerprint density at radius 2 is 2.00 bits per heavy atom. The lowest BCUT2D eigenvalue weighted by atomic mass is 10.0. The third kappa shape index (κ3) is 2.56. The molecule has 18 heavy (non-hydrogen) atoms. The maximum atomic E-state index is 12.6. The van der Waals surface area contributed by atoms with Crippen molar-refractivity contribution in [2.24, 2.45) is 0 Å². The zero-order chi connectivity index (χ0) is 13.2. The molecule has 0 amide bonds. The van der Waals surface area contributed by atoms with Gasteiger partial charge in [0.2, 0.25) is 0 Å². The van der Waals surface area contributed by atoms with Crippen molar-refractivity contribution in [3.63, 3.8) is 0 Å². The Bertz CT molecular complexity index is 531. The predicted octanol–water partition coefficient (Wildman–Crippen LogP) is 3.68. The van der Waals surface area contributed by atoms with Crippen LogP contribution in [0.2, 0.25) is 0 Å². The van der Waals surface area contributed by atoms with Crippen molar-refractivity contribution in [1.29, 1.82) is 0 Å². The molecule has 0 saturated carbocycles. The van der Waals surface area contributed by atoms with Crippen LogP contribution in [0.25, 0.3) is 11.1 Å². The van der Waals surface area contributed by atoms with Gasteiger partial charge in [0.25, 0.3) is 0 Å².